The van der Waals surface area contributed by atoms with Crippen LogP contribution in [0.2, 0.25) is 0 Å². The smallest absolute Gasteiger partial charge is 0.255 e. The van der Waals surface area contributed by atoms with Gasteiger partial charge in [0, 0.05) is 20.2 Å². The van der Waals surface area contributed by atoms with E-state index in [-0.39, 0.29) is 17.9 Å². The van der Waals surface area contributed by atoms with E-state index in [4.69, 9.17) is 4.74 Å². The predicted molar refractivity (Wildman–Crippen MR) is 85.9 cm³/mol. The number of hydrogen-bond acceptors (Lipinski definition) is 3. The third kappa shape index (κ3) is 3.74. The van der Waals surface area contributed by atoms with E-state index in [0.29, 0.717) is 24.3 Å². The predicted octanol–water partition coefficient (Wildman–Crippen LogP) is 2.37. The molecule has 0 aliphatic carbocycles. The molecule has 0 radical (unpaired) electrons. The first-order valence-electron chi connectivity index (χ1n) is 7.41. The molecule has 1 N–H and O–H groups in total. The number of carbonyl (C=O) groups is 2. The van der Waals surface area contributed by atoms with Crippen molar-refractivity contribution in [2.75, 3.05) is 25.5 Å². The maximum atomic E-state index is 12.7. The van der Waals surface area contributed by atoms with Crippen molar-refractivity contribution in [3.63, 3.8) is 0 Å². The van der Waals surface area contributed by atoms with Crippen LogP contribution in [-0.2, 0) is 9.53 Å². The second-order valence-electron chi connectivity index (χ2n) is 5.47. The van der Waals surface area contributed by atoms with Crippen LogP contribution in [0.3, 0.4) is 0 Å². The van der Waals surface area contributed by atoms with Crippen LogP contribution in [0.25, 0.3) is 0 Å². The van der Waals surface area contributed by atoms with Crippen LogP contribution in [0.1, 0.15) is 28.8 Å². The Kier molecular flexibility index (Phi) is 5.33. The van der Waals surface area contributed by atoms with Crippen LogP contribution in [0.5, 0.6) is 0 Å². The number of ether oxygens (including phenoxy) is 1. The number of hydrogen-bond donors (Lipinski definition) is 1. The molecule has 1 saturated heterocycles. The zero-order valence-electron chi connectivity index (χ0n) is 13.1. The van der Waals surface area contributed by atoms with Gasteiger partial charge in [-0.2, -0.15) is 0 Å². The van der Waals surface area contributed by atoms with E-state index in [9.17, 15) is 9.59 Å². The van der Waals surface area contributed by atoms with Gasteiger partial charge >= 0.3 is 0 Å². The second-order valence-corrected chi connectivity index (χ2v) is 5.47. The summed E-state index contributed by atoms with van der Waals surface area (Å²) in [7, 11) is 1.70. The number of nitrogens with zero attached hydrogens (tertiary/aromatic N) is 1. The van der Waals surface area contributed by atoms with E-state index in [1.165, 1.54) is 6.08 Å². The summed E-state index contributed by atoms with van der Waals surface area (Å²) in [6, 6.07) is 5.44. The van der Waals surface area contributed by atoms with Gasteiger partial charge < -0.3 is 15.0 Å². The fourth-order valence-electron chi connectivity index (χ4n) is 2.60. The Hall–Kier alpha value is -2.14. The molecule has 1 aliphatic rings. The fraction of sp³-hybridized carbons (Fsp3) is 0.412. The molecule has 0 saturated carbocycles. The molecule has 5 heteroatoms. The quantitative estimate of drug-likeness (QED) is 0.869. The number of carbonyl (C=O) groups excluding carboxylic acids is 2. The van der Waals surface area contributed by atoms with Crippen molar-refractivity contribution in [1.29, 1.82) is 0 Å². The SMILES string of the molecule is C=CC(=O)Nc1cc(C)ccc1C(=O)N1CCC(OC)CC1. The molecule has 1 aromatic carbocycles. The Morgan fingerprint density at radius 2 is 2.05 bits per heavy atom. The number of amides is 2. The average molecular weight is 302 g/mol. The molecule has 1 aromatic rings. The molecule has 1 aliphatic heterocycles. The molecule has 118 valence electrons. The summed E-state index contributed by atoms with van der Waals surface area (Å²) >= 11 is 0. The van der Waals surface area contributed by atoms with Gasteiger partial charge in [-0.05, 0) is 43.5 Å². The standard InChI is InChI=1S/C17H22N2O3/c1-4-16(20)18-15-11-12(2)5-6-14(15)17(21)19-9-7-13(22-3)8-10-19/h4-6,11,13H,1,7-10H2,2-3H3,(H,18,20). The van der Waals surface area contributed by atoms with E-state index in [2.05, 4.69) is 11.9 Å². The van der Waals surface area contributed by atoms with E-state index in [1.54, 1.807) is 19.2 Å². The second kappa shape index (κ2) is 7.22. The molecule has 5 nitrogen and oxygen atoms in total. The average Bonchev–Trinajstić information content (AvgIpc) is 2.54. The van der Waals surface area contributed by atoms with Crippen LogP contribution in [0.15, 0.2) is 30.9 Å². The first-order valence-corrected chi connectivity index (χ1v) is 7.41. The van der Waals surface area contributed by atoms with Crippen LogP contribution in [0, 0.1) is 6.92 Å². The van der Waals surface area contributed by atoms with E-state index in [1.807, 2.05) is 17.9 Å². The lowest BCUT2D eigenvalue weighted by atomic mass is 10.0. The van der Waals surface area contributed by atoms with E-state index in [0.717, 1.165) is 18.4 Å². The molecule has 1 fully saturated rings. The number of anilines is 1. The molecule has 22 heavy (non-hydrogen) atoms. The number of benzene rings is 1. The van der Waals surface area contributed by atoms with Gasteiger partial charge in [0.25, 0.3) is 5.91 Å². The van der Waals surface area contributed by atoms with Gasteiger partial charge in [-0.1, -0.05) is 12.6 Å². The zero-order valence-corrected chi connectivity index (χ0v) is 13.1. The van der Waals surface area contributed by atoms with E-state index >= 15 is 0 Å². The number of piperidine rings is 1. The number of rotatable bonds is 4. The number of nitrogens with one attached hydrogen (secondary N) is 1. The van der Waals surface area contributed by atoms with Crippen molar-refractivity contribution in [2.24, 2.45) is 0 Å². The first kappa shape index (κ1) is 16.2. The Labute approximate surface area is 130 Å². The molecule has 0 bridgehead atoms. The molecule has 0 atom stereocenters. The topological polar surface area (TPSA) is 58.6 Å². The highest BCUT2D eigenvalue weighted by molar-refractivity contribution is 6.06. The summed E-state index contributed by atoms with van der Waals surface area (Å²) < 4.78 is 5.33. The molecule has 0 aromatic heterocycles. The molecular weight excluding hydrogens is 280 g/mol. The van der Waals surface area contributed by atoms with Crippen LogP contribution in [-0.4, -0.2) is 43.0 Å². The van der Waals surface area contributed by atoms with Crippen molar-refractivity contribution in [2.45, 2.75) is 25.9 Å². The van der Waals surface area contributed by atoms with Gasteiger partial charge in [-0.3, -0.25) is 9.59 Å². The fourth-order valence-corrected chi connectivity index (χ4v) is 2.60. The molecular formula is C17H22N2O3. The molecule has 2 rings (SSSR count). The van der Waals surface area contributed by atoms with Crippen LogP contribution >= 0.6 is 0 Å². The molecule has 1 heterocycles. The van der Waals surface area contributed by atoms with Gasteiger partial charge in [0.05, 0.1) is 17.4 Å². The third-order valence-electron chi connectivity index (χ3n) is 3.91. The summed E-state index contributed by atoms with van der Waals surface area (Å²) in [4.78, 5) is 26.1. The minimum absolute atomic E-state index is 0.0612. The van der Waals surface area contributed by atoms with Crippen molar-refractivity contribution in [3.05, 3.63) is 42.0 Å². The zero-order chi connectivity index (χ0) is 16.1. The summed E-state index contributed by atoms with van der Waals surface area (Å²) in [6.45, 7) is 6.69. The maximum absolute atomic E-state index is 12.7. The highest BCUT2D eigenvalue weighted by Gasteiger charge is 2.25. The van der Waals surface area contributed by atoms with Crippen molar-refractivity contribution >= 4 is 17.5 Å². The van der Waals surface area contributed by atoms with Gasteiger partial charge in [-0.25, -0.2) is 0 Å². The summed E-state index contributed by atoms with van der Waals surface area (Å²) in [6.07, 6.45) is 3.09. The lowest BCUT2D eigenvalue weighted by Gasteiger charge is -2.31. The van der Waals surface area contributed by atoms with E-state index < -0.39 is 0 Å². The van der Waals surface area contributed by atoms with Crippen molar-refractivity contribution in [1.82, 2.24) is 4.90 Å². The number of likely N-dealkylation sites (tertiary alicyclic amines) is 1. The largest absolute Gasteiger partial charge is 0.381 e. The van der Waals surface area contributed by atoms with Crippen LogP contribution in [0.4, 0.5) is 5.69 Å². The lowest BCUT2D eigenvalue weighted by Crippen LogP contribution is -2.40. The Balaban J connectivity index is 2.18. The highest BCUT2D eigenvalue weighted by Crippen LogP contribution is 2.22. The molecule has 2 amide bonds. The normalized spacial score (nSPS) is 15.5. The summed E-state index contributed by atoms with van der Waals surface area (Å²) in [5, 5.41) is 2.71. The van der Waals surface area contributed by atoms with Gasteiger partial charge in [-0.15, -0.1) is 0 Å². The Bertz CT molecular complexity index is 575. The summed E-state index contributed by atoms with van der Waals surface area (Å²) in [5.41, 5.74) is 2.02. The van der Waals surface area contributed by atoms with Crippen molar-refractivity contribution in [3.8, 4) is 0 Å². The first-order chi connectivity index (χ1) is 10.5. The number of aryl methyl sites for hydroxylation is 1. The van der Waals surface area contributed by atoms with Gasteiger partial charge in [0.2, 0.25) is 5.91 Å². The lowest BCUT2D eigenvalue weighted by molar-refractivity contribution is -0.111. The monoisotopic (exact) mass is 302 g/mol. The molecule has 0 spiro atoms. The number of methoxy groups -OCH3 is 1. The third-order valence-corrected chi connectivity index (χ3v) is 3.91. The summed E-state index contributed by atoms with van der Waals surface area (Å²) in [5.74, 6) is -0.383. The minimum atomic E-state index is -0.322. The Morgan fingerprint density at radius 3 is 2.64 bits per heavy atom. The van der Waals surface area contributed by atoms with Gasteiger partial charge in [0.1, 0.15) is 0 Å². The molecule has 0 unspecified atom stereocenters. The highest BCUT2D eigenvalue weighted by atomic mass is 16.5. The minimum Gasteiger partial charge on any atom is -0.381 e. The van der Waals surface area contributed by atoms with Gasteiger partial charge in [0.15, 0.2) is 0 Å². The van der Waals surface area contributed by atoms with Crippen LogP contribution < -0.4 is 5.32 Å². The Morgan fingerprint density at radius 1 is 1.36 bits per heavy atom. The van der Waals surface area contributed by atoms with Crippen molar-refractivity contribution < 1.29 is 14.3 Å². The maximum Gasteiger partial charge on any atom is 0.255 e.